The van der Waals surface area contributed by atoms with E-state index in [9.17, 15) is 33.6 Å². The largest absolute Gasteiger partial charge is 0.481 e. The average Bonchev–Trinajstić information content (AvgIpc) is 3.23. The van der Waals surface area contributed by atoms with E-state index in [0.717, 1.165) is 0 Å². The van der Waals surface area contributed by atoms with Gasteiger partial charge >= 0.3 is 17.9 Å². The van der Waals surface area contributed by atoms with E-state index in [0.29, 0.717) is 6.42 Å². The van der Waals surface area contributed by atoms with Crippen molar-refractivity contribution in [2.24, 2.45) is 11.5 Å². The van der Waals surface area contributed by atoms with Gasteiger partial charge in [0.2, 0.25) is 23.6 Å². The molecule has 1 aliphatic heterocycles. The average molecular weight is 487 g/mol. The van der Waals surface area contributed by atoms with Crippen molar-refractivity contribution < 1.29 is 48.9 Å². The van der Waals surface area contributed by atoms with Crippen molar-refractivity contribution in [3.05, 3.63) is 0 Å². The molecule has 1 heterocycles. The number of carboxylic acid groups (broad SMARTS) is 3. The molecule has 0 aromatic rings. The minimum absolute atomic E-state index is 0.136. The number of amides is 4. The molecule has 4 atom stereocenters. The Morgan fingerprint density at radius 1 is 0.912 bits per heavy atom. The van der Waals surface area contributed by atoms with Crippen LogP contribution in [0.1, 0.15) is 44.9 Å². The van der Waals surface area contributed by atoms with Crippen LogP contribution in [0, 0.1) is 0 Å². The van der Waals surface area contributed by atoms with E-state index in [1.165, 1.54) is 4.90 Å². The third-order valence-corrected chi connectivity index (χ3v) is 5.13. The minimum atomic E-state index is -1.78. The van der Waals surface area contributed by atoms with E-state index in [2.05, 4.69) is 5.32 Å². The molecule has 190 valence electrons. The van der Waals surface area contributed by atoms with Gasteiger partial charge in [-0.2, -0.15) is 0 Å². The number of carboxylic acids is 3. The van der Waals surface area contributed by atoms with Crippen molar-refractivity contribution in [1.82, 2.24) is 15.5 Å². The number of nitrogens with zero attached hydrogens (tertiary/aromatic N) is 1. The number of nitrogens with two attached hydrogens (primary N) is 2. The summed E-state index contributed by atoms with van der Waals surface area (Å²) in [6.07, 6.45) is -1.38. The Labute approximate surface area is 193 Å². The molecule has 34 heavy (non-hydrogen) atoms. The van der Waals surface area contributed by atoms with Crippen molar-refractivity contribution >= 4 is 41.5 Å². The number of rotatable bonds is 14. The number of carbonyl (C=O) groups excluding carboxylic acids is 4. The zero-order valence-corrected chi connectivity index (χ0v) is 18.3. The van der Waals surface area contributed by atoms with Crippen LogP contribution in [0.25, 0.3) is 0 Å². The van der Waals surface area contributed by atoms with Crippen LogP contribution >= 0.6 is 0 Å². The molecule has 1 aliphatic rings. The highest BCUT2D eigenvalue weighted by Crippen LogP contribution is 2.19. The van der Waals surface area contributed by atoms with Crippen molar-refractivity contribution in [2.75, 3.05) is 6.54 Å². The van der Waals surface area contributed by atoms with Crippen LogP contribution < -0.4 is 22.1 Å². The molecule has 15 nitrogen and oxygen atoms in total. The lowest BCUT2D eigenvalue weighted by molar-refractivity contribution is -0.147. The summed E-state index contributed by atoms with van der Waals surface area (Å²) >= 11 is 0. The first kappa shape index (κ1) is 28.3. The Morgan fingerprint density at radius 2 is 1.56 bits per heavy atom. The number of aliphatic carboxylic acids is 3. The minimum Gasteiger partial charge on any atom is -0.481 e. The second-order valence-electron chi connectivity index (χ2n) is 7.79. The fourth-order valence-electron chi connectivity index (χ4n) is 3.39. The van der Waals surface area contributed by atoms with Crippen molar-refractivity contribution in [2.45, 2.75) is 69.1 Å². The number of likely N-dealkylation sites (tertiary alicyclic amines) is 1. The van der Waals surface area contributed by atoms with Gasteiger partial charge in [-0.15, -0.1) is 0 Å². The van der Waals surface area contributed by atoms with Crippen LogP contribution in [0.3, 0.4) is 0 Å². The Bertz CT molecular complexity index is 832. The summed E-state index contributed by atoms with van der Waals surface area (Å²) in [5.74, 6) is -7.48. The molecule has 0 radical (unpaired) electrons. The molecule has 0 saturated carbocycles. The summed E-state index contributed by atoms with van der Waals surface area (Å²) in [4.78, 5) is 83.2. The van der Waals surface area contributed by atoms with Crippen LogP contribution in [0.15, 0.2) is 0 Å². The molecule has 1 saturated heterocycles. The molecule has 0 aliphatic carbocycles. The lowest BCUT2D eigenvalue weighted by atomic mass is 10.1. The van der Waals surface area contributed by atoms with Gasteiger partial charge in [-0.3, -0.25) is 28.8 Å². The van der Waals surface area contributed by atoms with Crippen LogP contribution in [0.5, 0.6) is 0 Å². The number of nitrogens with one attached hydrogen (secondary N) is 2. The molecule has 4 unspecified atom stereocenters. The molecule has 1 fully saturated rings. The van der Waals surface area contributed by atoms with Crippen molar-refractivity contribution in [3.8, 4) is 0 Å². The second-order valence-corrected chi connectivity index (χ2v) is 7.79. The molecule has 0 spiro atoms. The van der Waals surface area contributed by atoms with Crippen molar-refractivity contribution in [3.63, 3.8) is 0 Å². The number of hydrogen-bond acceptors (Lipinski definition) is 8. The molecule has 0 aromatic carbocycles. The molecule has 1 rings (SSSR count). The van der Waals surface area contributed by atoms with Gasteiger partial charge in [0.15, 0.2) is 0 Å². The standard InChI is InChI=1S/C19H29N5O10/c20-9(3-6-14(26)27)18(32)24-7-1-2-12(24)17(31)22-10(4-5-13(21)25)16(30)23-11(19(33)34)8-15(28)29/h9-12H,1-8,20H2,(H2,21,25)(H,22,31)(H,23,30)(H,26,27)(H,28,29)(H,33,34). The third-order valence-electron chi connectivity index (χ3n) is 5.13. The quantitative estimate of drug-likeness (QED) is 0.129. The SMILES string of the molecule is NC(=O)CCC(NC(=O)C1CCCN1C(=O)C(N)CCC(=O)O)C(=O)NC(CC(=O)O)C(=O)O. The molecule has 0 bridgehead atoms. The Morgan fingerprint density at radius 3 is 2.09 bits per heavy atom. The van der Waals surface area contributed by atoms with Crippen LogP contribution in [-0.2, 0) is 33.6 Å². The van der Waals surface area contributed by atoms with Crippen molar-refractivity contribution in [1.29, 1.82) is 0 Å². The highest BCUT2D eigenvalue weighted by molar-refractivity contribution is 5.95. The lowest BCUT2D eigenvalue weighted by Crippen LogP contribution is -2.56. The van der Waals surface area contributed by atoms with E-state index < -0.39 is 72.1 Å². The maximum Gasteiger partial charge on any atom is 0.326 e. The van der Waals surface area contributed by atoms with E-state index in [-0.39, 0.29) is 38.6 Å². The van der Waals surface area contributed by atoms with E-state index in [4.69, 9.17) is 26.8 Å². The topological polar surface area (TPSA) is 260 Å². The normalized spacial score (nSPS) is 17.8. The first-order chi connectivity index (χ1) is 15.8. The highest BCUT2D eigenvalue weighted by Gasteiger charge is 2.38. The molecule has 4 amide bonds. The molecular weight excluding hydrogens is 458 g/mol. The van der Waals surface area contributed by atoms with Gasteiger partial charge in [0.25, 0.3) is 0 Å². The summed E-state index contributed by atoms with van der Waals surface area (Å²) in [5.41, 5.74) is 10.8. The summed E-state index contributed by atoms with van der Waals surface area (Å²) < 4.78 is 0. The Balaban J connectivity index is 2.93. The maximum absolute atomic E-state index is 12.9. The predicted molar refractivity (Wildman–Crippen MR) is 112 cm³/mol. The number of carbonyl (C=O) groups is 7. The zero-order chi connectivity index (χ0) is 26.0. The fraction of sp³-hybridized carbons (Fsp3) is 0.632. The summed E-state index contributed by atoms with van der Waals surface area (Å²) in [6.45, 7) is 0.176. The number of primary amides is 1. The third kappa shape index (κ3) is 9.01. The first-order valence-electron chi connectivity index (χ1n) is 10.4. The Hall–Kier alpha value is -3.75. The van der Waals surface area contributed by atoms with Gasteiger partial charge in [0.1, 0.15) is 18.1 Å². The number of hydrogen-bond donors (Lipinski definition) is 7. The van der Waals surface area contributed by atoms with E-state index in [1.54, 1.807) is 0 Å². The predicted octanol–water partition coefficient (Wildman–Crippen LogP) is -3.04. The lowest BCUT2D eigenvalue weighted by Gasteiger charge is -2.28. The fourth-order valence-corrected chi connectivity index (χ4v) is 3.39. The Kier molecular flexibility index (Phi) is 10.9. The molecule has 0 aromatic heterocycles. The van der Waals surface area contributed by atoms with Gasteiger partial charge in [-0.1, -0.05) is 0 Å². The smallest absolute Gasteiger partial charge is 0.326 e. The van der Waals surface area contributed by atoms with Crippen LogP contribution in [0.4, 0.5) is 0 Å². The van der Waals surface area contributed by atoms with E-state index in [1.807, 2.05) is 5.32 Å². The molecule has 15 heteroatoms. The van der Waals surface area contributed by atoms with Gasteiger partial charge in [-0.25, -0.2) is 4.79 Å². The second kappa shape index (κ2) is 13.1. The first-order valence-corrected chi connectivity index (χ1v) is 10.4. The highest BCUT2D eigenvalue weighted by atomic mass is 16.4. The van der Waals surface area contributed by atoms with Gasteiger partial charge < -0.3 is 42.3 Å². The summed E-state index contributed by atoms with van der Waals surface area (Å²) in [5, 5.41) is 31.1. The summed E-state index contributed by atoms with van der Waals surface area (Å²) in [6, 6.07) is -5.39. The van der Waals surface area contributed by atoms with Gasteiger partial charge in [0.05, 0.1) is 12.5 Å². The molecule has 9 N–H and O–H groups in total. The van der Waals surface area contributed by atoms with Gasteiger partial charge in [0, 0.05) is 19.4 Å². The molecular formula is C19H29N5O10. The zero-order valence-electron chi connectivity index (χ0n) is 18.3. The monoisotopic (exact) mass is 487 g/mol. The van der Waals surface area contributed by atoms with E-state index >= 15 is 0 Å². The van der Waals surface area contributed by atoms with Crippen LogP contribution in [0.2, 0.25) is 0 Å². The van der Waals surface area contributed by atoms with Gasteiger partial charge in [-0.05, 0) is 25.7 Å². The summed E-state index contributed by atoms with van der Waals surface area (Å²) in [7, 11) is 0. The maximum atomic E-state index is 12.9. The van der Waals surface area contributed by atoms with Crippen LogP contribution in [-0.4, -0.2) is 92.5 Å².